The lowest BCUT2D eigenvalue weighted by Crippen LogP contribution is -2.28. The summed E-state index contributed by atoms with van der Waals surface area (Å²) in [6, 6.07) is 1.45. The summed E-state index contributed by atoms with van der Waals surface area (Å²) in [6.45, 7) is 0.386. The Morgan fingerprint density at radius 2 is 2.29 bits per heavy atom. The van der Waals surface area contributed by atoms with Gasteiger partial charge in [-0.1, -0.05) is 0 Å². The highest BCUT2D eigenvalue weighted by Gasteiger charge is 2.25. The van der Waals surface area contributed by atoms with Crippen molar-refractivity contribution in [2.45, 2.75) is 29.6 Å². The molecule has 1 fully saturated rings. The van der Waals surface area contributed by atoms with Crippen molar-refractivity contribution in [1.82, 2.24) is 4.72 Å². The quantitative estimate of drug-likeness (QED) is 0.757. The lowest BCUT2D eigenvalue weighted by atomic mass is 10.1. The number of sulfonamides is 1. The van der Waals surface area contributed by atoms with E-state index in [1.54, 1.807) is 5.38 Å². The van der Waals surface area contributed by atoms with Crippen LogP contribution in [0.4, 0.5) is 5.69 Å². The van der Waals surface area contributed by atoms with Gasteiger partial charge in [0.15, 0.2) is 0 Å². The second-order valence-corrected chi connectivity index (χ2v) is 7.29. The van der Waals surface area contributed by atoms with Crippen LogP contribution in [-0.2, 0) is 10.0 Å². The fraction of sp³-hybridized carbons (Fsp3) is 0.600. The monoisotopic (exact) mass is 276 g/mol. The van der Waals surface area contributed by atoms with Crippen molar-refractivity contribution in [3.8, 4) is 0 Å². The highest BCUT2D eigenvalue weighted by atomic mass is 32.2. The van der Waals surface area contributed by atoms with Crippen LogP contribution in [-0.4, -0.2) is 26.2 Å². The molecule has 0 aliphatic heterocycles. The average molecular weight is 276 g/mol. The molecule has 1 aliphatic carbocycles. The zero-order valence-electron chi connectivity index (χ0n) is 9.30. The van der Waals surface area contributed by atoms with Gasteiger partial charge in [-0.2, -0.15) is 0 Å². The Bertz CT molecular complexity index is 483. The topological polar surface area (TPSA) is 92.4 Å². The van der Waals surface area contributed by atoms with E-state index in [-0.39, 0.29) is 16.2 Å². The van der Waals surface area contributed by atoms with E-state index in [1.165, 1.54) is 6.07 Å². The molecule has 0 bridgehead atoms. The molecule has 0 amide bonds. The molecule has 2 atom stereocenters. The third kappa shape index (κ3) is 3.19. The Morgan fingerprint density at radius 3 is 2.82 bits per heavy atom. The second kappa shape index (κ2) is 4.93. The number of rotatable bonds is 4. The molecule has 2 rings (SSSR count). The molecule has 4 N–H and O–H groups in total. The van der Waals surface area contributed by atoms with Gasteiger partial charge < -0.3 is 10.8 Å². The van der Waals surface area contributed by atoms with Crippen LogP contribution in [0.1, 0.15) is 19.3 Å². The number of aliphatic hydroxyl groups is 1. The number of nitrogens with one attached hydrogen (secondary N) is 1. The zero-order chi connectivity index (χ0) is 12.5. The van der Waals surface area contributed by atoms with E-state index in [9.17, 15) is 13.5 Å². The SMILES string of the molecule is Nc1csc(S(=O)(=O)NCC2CCC(O)C2)c1. The van der Waals surface area contributed by atoms with Gasteiger partial charge in [0, 0.05) is 17.6 Å². The molecule has 0 spiro atoms. The molecule has 0 aromatic carbocycles. The maximum Gasteiger partial charge on any atom is 0.250 e. The summed E-state index contributed by atoms with van der Waals surface area (Å²) >= 11 is 1.11. The standard InChI is InChI=1S/C10H16N2O3S2/c11-8-4-10(16-6-8)17(14,15)12-5-7-1-2-9(13)3-7/h4,6-7,9,12-13H,1-3,5,11H2. The summed E-state index contributed by atoms with van der Waals surface area (Å²) in [5.41, 5.74) is 5.96. The predicted molar refractivity (Wildman–Crippen MR) is 67.3 cm³/mol. The van der Waals surface area contributed by atoms with Crippen LogP contribution in [0.15, 0.2) is 15.7 Å². The summed E-state index contributed by atoms with van der Waals surface area (Å²) < 4.78 is 26.5. The summed E-state index contributed by atoms with van der Waals surface area (Å²) in [7, 11) is -3.44. The van der Waals surface area contributed by atoms with E-state index in [1.807, 2.05) is 0 Å². The third-order valence-electron chi connectivity index (χ3n) is 2.94. The van der Waals surface area contributed by atoms with Crippen LogP contribution >= 0.6 is 11.3 Å². The van der Waals surface area contributed by atoms with E-state index in [0.717, 1.165) is 24.2 Å². The first kappa shape index (κ1) is 12.8. The summed E-state index contributed by atoms with van der Waals surface area (Å²) in [5, 5.41) is 11.0. The smallest absolute Gasteiger partial charge is 0.250 e. The van der Waals surface area contributed by atoms with Crippen molar-refractivity contribution >= 4 is 27.0 Å². The lowest BCUT2D eigenvalue weighted by Gasteiger charge is -2.10. The number of thiophene rings is 1. The van der Waals surface area contributed by atoms with Crippen LogP contribution in [0.25, 0.3) is 0 Å². The fourth-order valence-corrected chi connectivity index (χ4v) is 4.24. The van der Waals surface area contributed by atoms with Crippen LogP contribution in [0.5, 0.6) is 0 Å². The highest BCUT2D eigenvalue weighted by Crippen LogP contribution is 2.26. The molecule has 1 aromatic rings. The van der Waals surface area contributed by atoms with Crippen LogP contribution < -0.4 is 10.5 Å². The molecule has 5 nitrogen and oxygen atoms in total. The van der Waals surface area contributed by atoms with Crippen molar-refractivity contribution in [3.05, 3.63) is 11.4 Å². The number of anilines is 1. The molecule has 7 heteroatoms. The van der Waals surface area contributed by atoms with E-state index < -0.39 is 10.0 Å². The van der Waals surface area contributed by atoms with Gasteiger partial charge in [-0.3, -0.25) is 0 Å². The van der Waals surface area contributed by atoms with Gasteiger partial charge in [0.1, 0.15) is 4.21 Å². The van der Waals surface area contributed by atoms with Gasteiger partial charge >= 0.3 is 0 Å². The van der Waals surface area contributed by atoms with E-state index >= 15 is 0 Å². The predicted octanol–water partition coefficient (Wildman–Crippen LogP) is 0.770. The van der Waals surface area contributed by atoms with Crippen LogP contribution in [0.2, 0.25) is 0 Å². The van der Waals surface area contributed by atoms with Gasteiger partial charge in [0.25, 0.3) is 0 Å². The molecule has 1 aromatic heterocycles. The number of aliphatic hydroxyl groups excluding tert-OH is 1. The number of nitrogen functional groups attached to an aromatic ring is 1. The maximum absolute atomic E-state index is 11.9. The second-order valence-electron chi connectivity index (χ2n) is 4.38. The summed E-state index contributed by atoms with van der Waals surface area (Å²) in [6.07, 6.45) is 2.03. The van der Waals surface area contributed by atoms with Gasteiger partial charge in [-0.25, -0.2) is 13.1 Å². The number of hydrogen-bond donors (Lipinski definition) is 3. The molecule has 1 heterocycles. The van der Waals surface area contributed by atoms with E-state index in [4.69, 9.17) is 5.73 Å². The van der Waals surface area contributed by atoms with Gasteiger partial charge in [0.2, 0.25) is 10.0 Å². The van der Waals surface area contributed by atoms with Crippen molar-refractivity contribution in [2.24, 2.45) is 5.92 Å². The van der Waals surface area contributed by atoms with Crippen LogP contribution in [0.3, 0.4) is 0 Å². The van der Waals surface area contributed by atoms with Crippen molar-refractivity contribution in [2.75, 3.05) is 12.3 Å². The molecule has 1 saturated carbocycles. The molecule has 1 aliphatic rings. The Labute approximate surface area is 105 Å². The molecule has 0 saturated heterocycles. The largest absolute Gasteiger partial charge is 0.398 e. The molecule has 17 heavy (non-hydrogen) atoms. The van der Waals surface area contributed by atoms with Crippen molar-refractivity contribution in [1.29, 1.82) is 0 Å². The first-order valence-corrected chi connectivity index (χ1v) is 7.85. The molecule has 0 radical (unpaired) electrons. The average Bonchev–Trinajstić information content (AvgIpc) is 2.85. The van der Waals surface area contributed by atoms with Crippen molar-refractivity contribution in [3.63, 3.8) is 0 Å². The molecular formula is C10H16N2O3S2. The minimum absolute atomic E-state index is 0.233. The normalized spacial score (nSPS) is 25.2. The van der Waals surface area contributed by atoms with E-state index in [0.29, 0.717) is 18.7 Å². The fourth-order valence-electron chi connectivity index (χ4n) is 2.00. The zero-order valence-corrected chi connectivity index (χ0v) is 10.9. The first-order valence-electron chi connectivity index (χ1n) is 5.49. The van der Waals surface area contributed by atoms with Gasteiger partial charge in [-0.05, 0) is 31.2 Å². The molecule has 96 valence electrons. The Kier molecular flexibility index (Phi) is 3.72. The summed E-state index contributed by atoms with van der Waals surface area (Å²) in [4.78, 5) is 0. The molecular weight excluding hydrogens is 260 g/mol. The molecule has 2 unspecified atom stereocenters. The highest BCUT2D eigenvalue weighted by molar-refractivity contribution is 7.91. The number of hydrogen-bond acceptors (Lipinski definition) is 5. The first-order chi connectivity index (χ1) is 7.97. The Hall–Kier alpha value is -0.630. The third-order valence-corrected chi connectivity index (χ3v) is 5.82. The minimum atomic E-state index is -3.44. The maximum atomic E-state index is 11.9. The van der Waals surface area contributed by atoms with Gasteiger partial charge in [-0.15, -0.1) is 11.3 Å². The van der Waals surface area contributed by atoms with Gasteiger partial charge in [0.05, 0.1) is 6.10 Å². The Morgan fingerprint density at radius 1 is 1.53 bits per heavy atom. The van der Waals surface area contributed by atoms with Crippen molar-refractivity contribution < 1.29 is 13.5 Å². The minimum Gasteiger partial charge on any atom is -0.398 e. The summed E-state index contributed by atoms with van der Waals surface area (Å²) in [5.74, 6) is 0.233. The van der Waals surface area contributed by atoms with E-state index in [2.05, 4.69) is 4.72 Å². The Balaban J connectivity index is 1.94. The lowest BCUT2D eigenvalue weighted by molar-refractivity contribution is 0.178. The number of nitrogens with two attached hydrogens (primary N) is 1. The van der Waals surface area contributed by atoms with Crippen LogP contribution in [0, 0.1) is 5.92 Å².